The van der Waals surface area contributed by atoms with E-state index in [1.165, 1.54) is 0 Å². The van der Waals surface area contributed by atoms with Gasteiger partial charge < -0.3 is 10.4 Å². The molecule has 0 aliphatic heterocycles. The Morgan fingerprint density at radius 2 is 2.00 bits per heavy atom. The molecule has 4 heteroatoms. The van der Waals surface area contributed by atoms with Gasteiger partial charge in [0.05, 0.1) is 6.54 Å². The first-order valence-corrected chi connectivity index (χ1v) is 8.28. The van der Waals surface area contributed by atoms with Crippen molar-refractivity contribution >= 4 is 27.3 Å². The van der Waals surface area contributed by atoms with Gasteiger partial charge in [-0.05, 0) is 37.3 Å². The fourth-order valence-electron chi connectivity index (χ4n) is 2.40. The molecule has 2 rings (SSSR count). The lowest BCUT2D eigenvalue weighted by atomic mass is 10.0. The molecule has 2 N–H and O–H groups in total. The molecule has 0 spiro atoms. The van der Waals surface area contributed by atoms with Crippen LogP contribution in [-0.4, -0.2) is 17.6 Å². The van der Waals surface area contributed by atoms with Crippen LogP contribution in [0.3, 0.4) is 0 Å². The van der Waals surface area contributed by atoms with Crippen molar-refractivity contribution in [2.45, 2.75) is 39.2 Å². The smallest absolute Gasteiger partial charge is 0.223 e. The fraction of sp³-hybridized carbons (Fsp3) is 0.471. The predicted molar refractivity (Wildman–Crippen MR) is 88.5 cm³/mol. The highest BCUT2D eigenvalue weighted by molar-refractivity contribution is 7.19. The molecule has 1 heterocycles. The molecule has 0 saturated carbocycles. The van der Waals surface area contributed by atoms with Crippen molar-refractivity contribution in [3.8, 4) is 0 Å². The molecule has 1 amide bonds. The molecule has 1 aromatic heterocycles. The monoisotopic (exact) mass is 305 g/mol. The number of fused-ring (bicyclic) bond motifs is 1. The second-order valence-electron chi connectivity index (χ2n) is 5.65. The Morgan fingerprint density at radius 1 is 1.33 bits per heavy atom. The second kappa shape index (κ2) is 6.58. The van der Waals surface area contributed by atoms with Crippen LogP contribution in [0.4, 0.5) is 0 Å². The lowest BCUT2D eigenvalue weighted by molar-refractivity contribution is -0.126. The topological polar surface area (TPSA) is 49.3 Å². The van der Waals surface area contributed by atoms with E-state index in [1.807, 2.05) is 44.2 Å². The third-order valence-electron chi connectivity index (χ3n) is 3.92. The van der Waals surface area contributed by atoms with Crippen LogP contribution in [0.15, 0.2) is 30.3 Å². The van der Waals surface area contributed by atoms with Crippen LogP contribution in [-0.2, 0) is 10.4 Å². The number of carbonyl (C=O) groups excluding carboxylic acids is 1. The normalized spacial score (nSPS) is 14.3. The van der Waals surface area contributed by atoms with Crippen molar-refractivity contribution in [2.24, 2.45) is 5.92 Å². The molecule has 0 fully saturated rings. The average Bonchev–Trinajstić information content (AvgIpc) is 2.91. The molecule has 0 radical (unpaired) electrons. The van der Waals surface area contributed by atoms with Gasteiger partial charge in [0.25, 0.3) is 0 Å². The maximum atomic E-state index is 12.0. The van der Waals surface area contributed by atoms with E-state index in [4.69, 9.17) is 0 Å². The molecular formula is C17H23NO2S. The Morgan fingerprint density at radius 3 is 2.62 bits per heavy atom. The van der Waals surface area contributed by atoms with Crippen LogP contribution in [0.1, 0.15) is 38.5 Å². The standard InChI is InChI=1S/C17H23NO2S/c1-4-12(5-2)16(19)18-11-17(3,20)15-10-13-8-6-7-9-14(13)21-15/h6-10,12,20H,4-5,11H2,1-3H3,(H,18,19). The first-order chi connectivity index (χ1) is 9.97. The van der Waals surface area contributed by atoms with Crippen LogP contribution in [0, 0.1) is 5.92 Å². The number of hydrogen-bond acceptors (Lipinski definition) is 3. The third kappa shape index (κ3) is 3.63. The molecule has 1 atom stereocenters. The van der Waals surface area contributed by atoms with Crippen molar-refractivity contribution in [3.05, 3.63) is 35.2 Å². The van der Waals surface area contributed by atoms with Crippen LogP contribution in [0.5, 0.6) is 0 Å². The second-order valence-corrected chi connectivity index (χ2v) is 6.74. The Labute approximate surface area is 130 Å². The summed E-state index contributed by atoms with van der Waals surface area (Å²) in [6.07, 6.45) is 1.65. The number of nitrogens with one attached hydrogen (secondary N) is 1. The highest BCUT2D eigenvalue weighted by Crippen LogP contribution is 2.32. The summed E-state index contributed by atoms with van der Waals surface area (Å²) in [6.45, 7) is 6.02. The first-order valence-electron chi connectivity index (χ1n) is 7.47. The van der Waals surface area contributed by atoms with Gasteiger partial charge in [-0.2, -0.15) is 0 Å². The van der Waals surface area contributed by atoms with E-state index in [2.05, 4.69) is 5.32 Å². The molecule has 3 nitrogen and oxygen atoms in total. The molecule has 2 aromatic rings. The van der Waals surface area contributed by atoms with Crippen LogP contribution < -0.4 is 5.32 Å². The summed E-state index contributed by atoms with van der Waals surface area (Å²) in [5, 5.41) is 14.7. The molecule has 0 aliphatic carbocycles. The van der Waals surface area contributed by atoms with Crippen molar-refractivity contribution < 1.29 is 9.90 Å². The number of thiophene rings is 1. The Kier molecular flexibility index (Phi) is 5.01. The zero-order valence-corrected chi connectivity index (χ0v) is 13.7. The largest absolute Gasteiger partial charge is 0.383 e. The predicted octanol–water partition coefficient (Wildman–Crippen LogP) is 3.66. The summed E-state index contributed by atoms with van der Waals surface area (Å²) in [5.74, 6) is 0.0598. The summed E-state index contributed by atoms with van der Waals surface area (Å²) in [5.41, 5.74) is -1.04. The highest BCUT2D eigenvalue weighted by atomic mass is 32.1. The number of hydrogen-bond donors (Lipinski definition) is 2. The maximum absolute atomic E-state index is 12.0. The van der Waals surface area contributed by atoms with Crippen LogP contribution >= 0.6 is 11.3 Å². The molecule has 0 bridgehead atoms. The van der Waals surface area contributed by atoms with Gasteiger partial charge in [0.15, 0.2) is 0 Å². The summed E-state index contributed by atoms with van der Waals surface area (Å²) in [4.78, 5) is 12.9. The van der Waals surface area contributed by atoms with E-state index in [-0.39, 0.29) is 18.4 Å². The van der Waals surface area contributed by atoms with Crippen LogP contribution in [0.25, 0.3) is 10.1 Å². The number of rotatable bonds is 6. The van der Waals surface area contributed by atoms with Crippen molar-refractivity contribution in [1.29, 1.82) is 0 Å². The molecule has 114 valence electrons. The van der Waals surface area contributed by atoms with Gasteiger partial charge in [0.2, 0.25) is 5.91 Å². The van der Waals surface area contributed by atoms with Crippen LogP contribution in [0.2, 0.25) is 0 Å². The molecule has 0 aliphatic rings. The number of benzene rings is 1. The van der Waals surface area contributed by atoms with Crippen molar-refractivity contribution in [3.63, 3.8) is 0 Å². The molecular weight excluding hydrogens is 282 g/mol. The lowest BCUT2D eigenvalue weighted by Gasteiger charge is -2.23. The summed E-state index contributed by atoms with van der Waals surface area (Å²) in [7, 11) is 0. The minimum absolute atomic E-state index is 0.0291. The van der Waals surface area contributed by atoms with Gasteiger partial charge in [-0.25, -0.2) is 0 Å². The van der Waals surface area contributed by atoms with Crippen molar-refractivity contribution in [2.75, 3.05) is 6.54 Å². The van der Waals surface area contributed by atoms with E-state index in [0.717, 1.165) is 27.8 Å². The minimum Gasteiger partial charge on any atom is -0.383 e. The Bertz CT molecular complexity index is 581. The Hall–Kier alpha value is -1.39. The quantitative estimate of drug-likeness (QED) is 0.855. The van der Waals surface area contributed by atoms with E-state index >= 15 is 0 Å². The summed E-state index contributed by atoms with van der Waals surface area (Å²) < 4.78 is 1.15. The zero-order valence-electron chi connectivity index (χ0n) is 12.8. The van der Waals surface area contributed by atoms with Gasteiger partial charge in [0.1, 0.15) is 5.60 Å². The van der Waals surface area contributed by atoms with Crippen molar-refractivity contribution in [1.82, 2.24) is 5.32 Å². The third-order valence-corrected chi connectivity index (χ3v) is 5.29. The lowest BCUT2D eigenvalue weighted by Crippen LogP contribution is -2.40. The minimum atomic E-state index is -1.04. The fourth-order valence-corrected chi connectivity index (χ4v) is 3.50. The average molecular weight is 305 g/mol. The summed E-state index contributed by atoms with van der Waals surface area (Å²) in [6, 6.07) is 10.1. The SMILES string of the molecule is CCC(CC)C(=O)NCC(C)(O)c1cc2ccccc2s1. The molecule has 1 unspecified atom stereocenters. The first kappa shape index (κ1) is 16.0. The summed E-state index contributed by atoms with van der Waals surface area (Å²) >= 11 is 1.57. The molecule has 21 heavy (non-hydrogen) atoms. The van der Waals surface area contributed by atoms with Gasteiger partial charge in [0, 0.05) is 15.5 Å². The van der Waals surface area contributed by atoms with E-state index in [1.54, 1.807) is 18.3 Å². The molecule has 1 aromatic carbocycles. The van der Waals surface area contributed by atoms with E-state index in [0.29, 0.717) is 0 Å². The number of amides is 1. The van der Waals surface area contributed by atoms with Gasteiger partial charge >= 0.3 is 0 Å². The number of carbonyl (C=O) groups is 1. The number of aliphatic hydroxyl groups is 1. The van der Waals surface area contributed by atoms with Gasteiger partial charge in [-0.15, -0.1) is 11.3 Å². The van der Waals surface area contributed by atoms with Gasteiger partial charge in [-0.1, -0.05) is 32.0 Å². The van der Waals surface area contributed by atoms with E-state index < -0.39 is 5.60 Å². The molecule has 0 saturated heterocycles. The highest BCUT2D eigenvalue weighted by Gasteiger charge is 2.27. The zero-order chi connectivity index (χ0) is 15.5. The Balaban J connectivity index is 2.09. The maximum Gasteiger partial charge on any atom is 0.223 e. The van der Waals surface area contributed by atoms with Gasteiger partial charge in [-0.3, -0.25) is 4.79 Å². The van der Waals surface area contributed by atoms with E-state index in [9.17, 15) is 9.90 Å².